The first-order valence-corrected chi connectivity index (χ1v) is 4.92. The molecule has 0 aromatic rings. The van der Waals surface area contributed by atoms with Gasteiger partial charge in [0.1, 0.15) is 5.84 Å². The summed E-state index contributed by atoms with van der Waals surface area (Å²) in [6.45, 7) is 0. The van der Waals surface area contributed by atoms with Crippen LogP contribution in [0.15, 0.2) is 0 Å². The summed E-state index contributed by atoms with van der Waals surface area (Å²) in [4.78, 5) is 0. The SMILES string of the molecule is CN(C1(C(=N)N)CC1)S(N)(=O)=O. The number of hydrogen-bond donors (Lipinski definition) is 3. The van der Waals surface area contributed by atoms with Crippen LogP contribution in [0.3, 0.4) is 0 Å². The highest BCUT2D eigenvalue weighted by atomic mass is 32.2. The Balaban J connectivity index is 2.92. The lowest BCUT2D eigenvalue weighted by Crippen LogP contribution is -2.49. The average molecular weight is 192 g/mol. The summed E-state index contributed by atoms with van der Waals surface area (Å²) >= 11 is 0. The van der Waals surface area contributed by atoms with Crippen molar-refractivity contribution >= 4 is 16.0 Å². The minimum atomic E-state index is -3.73. The number of nitrogens with zero attached hydrogens (tertiary/aromatic N) is 1. The number of rotatable bonds is 3. The third-order valence-electron chi connectivity index (χ3n) is 2.21. The molecule has 0 spiro atoms. The van der Waals surface area contributed by atoms with Gasteiger partial charge in [0.25, 0.3) is 10.2 Å². The van der Waals surface area contributed by atoms with E-state index in [0.717, 1.165) is 4.31 Å². The molecule has 7 heteroatoms. The summed E-state index contributed by atoms with van der Waals surface area (Å²) in [5.41, 5.74) is 4.43. The highest BCUT2D eigenvalue weighted by molar-refractivity contribution is 7.86. The minimum Gasteiger partial charge on any atom is -0.386 e. The van der Waals surface area contributed by atoms with Crippen molar-refractivity contribution < 1.29 is 8.42 Å². The Morgan fingerprint density at radius 1 is 1.58 bits per heavy atom. The van der Waals surface area contributed by atoms with E-state index in [1.807, 2.05) is 0 Å². The summed E-state index contributed by atoms with van der Waals surface area (Å²) < 4.78 is 22.7. The van der Waals surface area contributed by atoms with E-state index < -0.39 is 15.7 Å². The normalized spacial score (nSPS) is 20.9. The Hall–Kier alpha value is -0.660. The molecule has 0 aromatic carbocycles. The molecule has 0 saturated heterocycles. The van der Waals surface area contributed by atoms with Crippen LogP contribution < -0.4 is 10.9 Å². The predicted octanol–water partition coefficient (Wildman–Crippen LogP) is -1.41. The maximum atomic E-state index is 10.9. The third-order valence-corrected chi connectivity index (χ3v) is 3.32. The lowest BCUT2D eigenvalue weighted by atomic mass is 10.2. The molecule has 0 bridgehead atoms. The Bertz CT molecular complexity index is 305. The van der Waals surface area contributed by atoms with Crippen molar-refractivity contribution in [3.05, 3.63) is 0 Å². The van der Waals surface area contributed by atoms with Crippen LogP contribution in [0.2, 0.25) is 0 Å². The third kappa shape index (κ3) is 1.30. The molecule has 1 rings (SSSR count). The zero-order chi connectivity index (χ0) is 9.57. The second kappa shape index (κ2) is 2.41. The lowest BCUT2D eigenvalue weighted by molar-refractivity contribution is 0.419. The van der Waals surface area contributed by atoms with Gasteiger partial charge in [-0.25, -0.2) is 5.14 Å². The average Bonchev–Trinajstić information content (AvgIpc) is 2.62. The van der Waals surface area contributed by atoms with Crippen LogP contribution in [0.4, 0.5) is 0 Å². The van der Waals surface area contributed by atoms with Crippen molar-refractivity contribution in [3.63, 3.8) is 0 Å². The van der Waals surface area contributed by atoms with Gasteiger partial charge in [0, 0.05) is 7.05 Å². The summed E-state index contributed by atoms with van der Waals surface area (Å²) in [6, 6.07) is 0. The highest BCUT2D eigenvalue weighted by Gasteiger charge is 2.53. The summed E-state index contributed by atoms with van der Waals surface area (Å²) in [5, 5.41) is 12.1. The highest BCUT2D eigenvalue weighted by Crippen LogP contribution is 2.41. The molecule has 0 amide bonds. The van der Waals surface area contributed by atoms with Crippen molar-refractivity contribution in [1.29, 1.82) is 5.41 Å². The van der Waals surface area contributed by atoms with Gasteiger partial charge in [-0.2, -0.15) is 12.7 Å². The number of amidine groups is 1. The monoisotopic (exact) mass is 192 g/mol. The number of nitrogens with two attached hydrogens (primary N) is 2. The van der Waals surface area contributed by atoms with E-state index in [-0.39, 0.29) is 5.84 Å². The van der Waals surface area contributed by atoms with Crippen molar-refractivity contribution in [3.8, 4) is 0 Å². The Morgan fingerprint density at radius 2 is 2.00 bits per heavy atom. The molecular formula is C5H12N4O2S. The number of hydrogen-bond acceptors (Lipinski definition) is 3. The molecule has 6 nitrogen and oxygen atoms in total. The van der Waals surface area contributed by atoms with Crippen LogP contribution in [-0.2, 0) is 10.2 Å². The quantitative estimate of drug-likeness (QED) is 0.377. The van der Waals surface area contributed by atoms with E-state index in [1.165, 1.54) is 7.05 Å². The fourth-order valence-corrected chi connectivity index (χ4v) is 1.88. The summed E-state index contributed by atoms with van der Waals surface area (Å²) in [6.07, 6.45) is 1.16. The van der Waals surface area contributed by atoms with Crippen molar-refractivity contribution in [2.45, 2.75) is 18.4 Å². The Labute approximate surface area is 71.2 Å². The first-order valence-electron chi connectivity index (χ1n) is 3.42. The molecule has 1 saturated carbocycles. The van der Waals surface area contributed by atoms with Gasteiger partial charge < -0.3 is 5.73 Å². The molecule has 0 heterocycles. The van der Waals surface area contributed by atoms with E-state index in [2.05, 4.69) is 0 Å². The lowest BCUT2D eigenvalue weighted by Gasteiger charge is -2.23. The Kier molecular flexibility index (Phi) is 1.89. The molecule has 0 unspecified atom stereocenters. The van der Waals surface area contributed by atoms with Gasteiger partial charge in [0.15, 0.2) is 0 Å². The zero-order valence-electron chi connectivity index (χ0n) is 6.74. The van der Waals surface area contributed by atoms with Crippen LogP contribution in [0.1, 0.15) is 12.8 Å². The van der Waals surface area contributed by atoms with Gasteiger partial charge in [-0.1, -0.05) is 0 Å². The smallest absolute Gasteiger partial charge is 0.277 e. The van der Waals surface area contributed by atoms with Crippen LogP contribution in [0, 0.1) is 5.41 Å². The van der Waals surface area contributed by atoms with Gasteiger partial charge in [-0.05, 0) is 12.8 Å². The maximum Gasteiger partial charge on any atom is 0.277 e. The summed E-state index contributed by atoms with van der Waals surface area (Å²) in [5.74, 6) is -0.140. The van der Waals surface area contributed by atoms with Crippen LogP contribution in [0.25, 0.3) is 0 Å². The molecule has 0 aliphatic heterocycles. The van der Waals surface area contributed by atoms with Crippen molar-refractivity contribution in [2.75, 3.05) is 7.05 Å². The first kappa shape index (κ1) is 9.43. The molecular weight excluding hydrogens is 180 g/mol. The molecule has 12 heavy (non-hydrogen) atoms. The Morgan fingerprint density at radius 3 is 2.08 bits per heavy atom. The topological polar surface area (TPSA) is 113 Å². The maximum absolute atomic E-state index is 10.9. The zero-order valence-corrected chi connectivity index (χ0v) is 7.56. The van der Waals surface area contributed by atoms with E-state index >= 15 is 0 Å². The summed E-state index contributed by atoms with van der Waals surface area (Å²) in [7, 11) is -2.39. The first-order chi connectivity index (χ1) is 5.31. The van der Waals surface area contributed by atoms with Gasteiger partial charge in [-0.3, -0.25) is 5.41 Å². The van der Waals surface area contributed by atoms with Crippen LogP contribution in [-0.4, -0.2) is 31.1 Å². The van der Waals surface area contributed by atoms with Crippen molar-refractivity contribution in [1.82, 2.24) is 4.31 Å². The fraction of sp³-hybridized carbons (Fsp3) is 0.800. The molecule has 1 aliphatic rings. The second-order valence-corrected chi connectivity index (χ2v) is 4.54. The second-order valence-electron chi connectivity index (χ2n) is 2.96. The fourth-order valence-electron chi connectivity index (χ4n) is 1.12. The standard InChI is InChI=1S/C5H12N4O2S/c1-9(12(8,10)11)5(2-3-5)4(6)7/h2-3H2,1H3,(H3,6,7)(H2,8,10,11). The van der Waals surface area contributed by atoms with Crippen molar-refractivity contribution in [2.24, 2.45) is 10.9 Å². The molecule has 70 valence electrons. The van der Waals surface area contributed by atoms with Gasteiger partial charge in [-0.15, -0.1) is 0 Å². The van der Waals surface area contributed by atoms with Crippen LogP contribution in [0.5, 0.6) is 0 Å². The molecule has 0 radical (unpaired) electrons. The van der Waals surface area contributed by atoms with Gasteiger partial charge in [0.2, 0.25) is 0 Å². The molecule has 0 atom stereocenters. The van der Waals surface area contributed by atoms with Gasteiger partial charge >= 0.3 is 0 Å². The van der Waals surface area contributed by atoms with E-state index in [9.17, 15) is 8.42 Å². The van der Waals surface area contributed by atoms with E-state index in [0.29, 0.717) is 12.8 Å². The number of likely N-dealkylation sites (N-methyl/N-ethyl adjacent to an activating group) is 1. The molecule has 1 fully saturated rings. The predicted molar refractivity (Wildman–Crippen MR) is 44.7 cm³/mol. The molecule has 0 aromatic heterocycles. The minimum absolute atomic E-state index is 0.140. The largest absolute Gasteiger partial charge is 0.386 e. The van der Waals surface area contributed by atoms with E-state index in [4.69, 9.17) is 16.3 Å². The molecule has 1 aliphatic carbocycles. The van der Waals surface area contributed by atoms with E-state index in [1.54, 1.807) is 0 Å². The van der Waals surface area contributed by atoms with Crippen LogP contribution >= 0.6 is 0 Å². The van der Waals surface area contributed by atoms with Gasteiger partial charge in [0.05, 0.1) is 5.54 Å². The number of nitrogens with one attached hydrogen (secondary N) is 1. The molecule has 5 N–H and O–H groups in total.